The summed E-state index contributed by atoms with van der Waals surface area (Å²) in [6, 6.07) is 33.8. The first kappa shape index (κ1) is 111. The molecule has 0 aliphatic rings. The summed E-state index contributed by atoms with van der Waals surface area (Å²) >= 11 is 0. The van der Waals surface area contributed by atoms with E-state index < -0.39 is 104 Å². The highest BCUT2D eigenvalue weighted by Gasteiger charge is 2.30. The minimum Gasteiger partial charge on any atom is -0.488 e. The van der Waals surface area contributed by atoms with Gasteiger partial charge < -0.3 is 52.1 Å². The van der Waals surface area contributed by atoms with Crippen LogP contribution in [0.15, 0.2) is 127 Å². The monoisotopic (exact) mass is 1930 g/mol. The van der Waals surface area contributed by atoms with E-state index in [1.54, 1.807) is 140 Å². The van der Waals surface area contributed by atoms with Gasteiger partial charge in [0.15, 0.2) is 69.5 Å². The van der Waals surface area contributed by atoms with Gasteiger partial charge in [-0.1, -0.05) is 0 Å². The third-order valence-corrected chi connectivity index (χ3v) is 19.8. The van der Waals surface area contributed by atoms with Crippen LogP contribution in [0.5, 0.6) is 40.2 Å². The molecule has 0 radical (unpaired) electrons. The summed E-state index contributed by atoms with van der Waals surface area (Å²) in [6.07, 6.45) is -2.16. The molecule has 0 N–H and O–H groups in total. The number of benzene rings is 7. The molecule has 7 aromatic carbocycles. The lowest BCUT2D eigenvalue weighted by molar-refractivity contribution is 0.0930. The second-order valence-corrected chi connectivity index (χ2v) is 40.0. The second-order valence-electron chi connectivity index (χ2n) is 40.0. The number of aromatic nitrogens is 7. The van der Waals surface area contributed by atoms with Gasteiger partial charge in [-0.3, -0.25) is 28.1 Å². The fourth-order valence-corrected chi connectivity index (χ4v) is 15.2. The van der Waals surface area contributed by atoms with Crippen LogP contribution in [-0.4, -0.2) is 141 Å². The van der Waals surface area contributed by atoms with Gasteiger partial charge in [-0.25, -0.2) is 68.2 Å². The highest BCUT2D eigenvalue weighted by atomic mass is 19.2. The third kappa shape index (κ3) is 27.9. The van der Waals surface area contributed by atoms with E-state index in [9.17, 15) is 64.3 Å². The largest absolute Gasteiger partial charge is 0.488 e. The van der Waals surface area contributed by atoms with Crippen LogP contribution in [0, 0.1) is 89.2 Å². The minimum atomic E-state index is -0.610. The molecule has 0 amide bonds. The van der Waals surface area contributed by atoms with Crippen LogP contribution in [0.3, 0.4) is 0 Å². The molecule has 0 bridgehead atoms. The zero-order valence-electron chi connectivity index (χ0n) is 86.2. The molecule has 750 valence electrons. The van der Waals surface area contributed by atoms with E-state index in [4.69, 9.17) is 47.4 Å². The first-order chi connectivity index (χ1) is 64.0. The maximum absolute atomic E-state index is 14.6. The Hall–Kier alpha value is -13.7. The van der Waals surface area contributed by atoms with Crippen molar-refractivity contribution in [3.05, 3.63) is 208 Å². The molecule has 139 heavy (non-hydrogen) atoms. The number of carbonyl (C=O) groups excluding carboxylic acids is 7. The van der Waals surface area contributed by atoms with Crippen molar-refractivity contribution in [1.29, 1.82) is 0 Å². The summed E-state index contributed by atoms with van der Waals surface area (Å²) in [5, 5.41) is 3.92. The summed E-state index contributed by atoms with van der Waals surface area (Å²) in [5.41, 5.74) is 4.62. The van der Waals surface area contributed by atoms with Gasteiger partial charge >= 0.3 is 24.4 Å². The molecule has 0 fully saturated rings. The van der Waals surface area contributed by atoms with E-state index in [1.165, 1.54) is 103 Å². The molecule has 32 heteroatoms. The van der Waals surface area contributed by atoms with Gasteiger partial charge in [0.05, 0.1) is 66.1 Å². The van der Waals surface area contributed by atoms with Crippen LogP contribution in [0.2, 0.25) is 0 Å². The summed E-state index contributed by atoms with van der Waals surface area (Å²) in [5.74, 6) is -1.87. The van der Waals surface area contributed by atoms with Gasteiger partial charge in [0.25, 0.3) is 0 Å². The van der Waals surface area contributed by atoms with Crippen LogP contribution in [0.25, 0.3) is 76.3 Å². The van der Waals surface area contributed by atoms with E-state index in [-0.39, 0.29) is 65.2 Å². The highest BCUT2D eigenvalue weighted by molar-refractivity contribution is 5.98. The molecular weight excluding hydrogens is 1800 g/mol. The molecule has 0 aliphatic heterocycles. The topological polar surface area (TPSA) is 256 Å². The summed E-state index contributed by atoms with van der Waals surface area (Å²) < 4.78 is 168. The Morgan fingerprint density at radius 1 is 0.259 bits per heavy atom. The first-order valence-corrected chi connectivity index (χ1v) is 45.1. The van der Waals surface area contributed by atoms with Crippen LogP contribution in [0.4, 0.5) is 49.9 Å². The summed E-state index contributed by atoms with van der Waals surface area (Å²) in [6.45, 7) is 59.9. The third-order valence-electron chi connectivity index (χ3n) is 19.8. The number of methoxy groups -OCH3 is 2. The van der Waals surface area contributed by atoms with Gasteiger partial charge in [-0.05, 0) is 311 Å². The lowest BCUT2D eigenvalue weighted by Crippen LogP contribution is -2.23. The average molecular weight is 1940 g/mol. The first-order valence-electron chi connectivity index (χ1n) is 45.1. The summed E-state index contributed by atoms with van der Waals surface area (Å²) in [4.78, 5) is 82.1. The van der Waals surface area contributed by atoms with Crippen LogP contribution in [0.1, 0.15) is 234 Å². The van der Waals surface area contributed by atoms with Crippen molar-refractivity contribution in [2.45, 2.75) is 268 Å². The van der Waals surface area contributed by atoms with Crippen molar-refractivity contribution in [1.82, 2.24) is 32.0 Å². The average Bonchev–Trinajstić information content (AvgIpc) is 1.63. The predicted molar refractivity (Wildman–Crippen MR) is 528 cm³/mol. The van der Waals surface area contributed by atoms with Gasteiger partial charge in [-0.2, -0.15) is 0 Å². The van der Waals surface area contributed by atoms with E-state index in [0.29, 0.717) is 106 Å². The Morgan fingerprint density at radius 2 is 0.504 bits per heavy atom. The number of carbonyl (C=O) groups is 7. The zero-order valence-corrected chi connectivity index (χ0v) is 86.2. The van der Waals surface area contributed by atoms with Crippen molar-refractivity contribution in [2.24, 2.45) is 0 Å². The Bertz CT molecular complexity index is 6900. The lowest BCUT2D eigenvalue weighted by atomic mass is 10.1. The van der Waals surface area contributed by atoms with E-state index in [2.05, 4.69) is 4.74 Å². The Balaban J connectivity index is 0.000000199. The van der Waals surface area contributed by atoms with Gasteiger partial charge in [0, 0.05) is 123 Å². The Morgan fingerprint density at radius 3 is 0.820 bits per heavy atom. The molecule has 14 rings (SSSR count). The molecule has 7 heterocycles. The molecule has 0 spiro atoms. The maximum atomic E-state index is 14.6. The fraction of sp³-hybridized carbons (Fsp3) is 0.411. The van der Waals surface area contributed by atoms with Crippen LogP contribution >= 0.6 is 0 Å². The zero-order chi connectivity index (χ0) is 105. The Labute approximate surface area is 806 Å². The van der Waals surface area contributed by atoms with E-state index in [1.807, 2.05) is 158 Å². The molecule has 0 aliphatic carbocycles. The lowest BCUT2D eigenvalue weighted by Gasteiger charge is -2.21. The van der Waals surface area contributed by atoms with Crippen molar-refractivity contribution in [3.8, 4) is 40.2 Å². The number of hydrogen-bond donors (Lipinski definition) is 0. The normalized spacial score (nSPS) is 11.8. The maximum Gasteiger partial charge on any atom is 0.418 e. The van der Waals surface area contributed by atoms with Crippen molar-refractivity contribution < 1.29 is 116 Å². The van der Waals surface area contributed by atoms with Gasteiger partial charge in [0.2, 0.25) is 17.7 Å². The Kier molecular flexibility index (Phi) is 34.3. The molecule has 14 aromatic rings. The van der Waals surface area contributed by atoms with Crippen molar-refractivity contribution in [3.63, 3.8) is 0 Å². The molecule has 0 saturated carbocycles. The van der Waals surface area contributed by atoms with Crippen LogP contribution in [-0.2, 0) is 18.9 Å². The molecule has 0 unspecified atom stereocenters. The van der Waals surface area contributed by atoms with Gasteiger partial charge in [-0.15, -0.1) is 0 Å². The smallest absolute Gasteiger partial charge is 0.418 e. The van der Waals surface area contributed by atoms with E-state index in [0.717, 1.165) is 16.5 Å². The molecule has 25 nitrogen and oxygen atoms in total. The standard InChI is InChI=1S/2C16H20FNO3.2C15H18FNO3.3C15H18FNO2/c1-6-20-15(19)18-10(2)7-11-8-14(21-16(3,4)5)12(17)9-13(11)18;1-6-20-15(19)18-10(2)9-11-12(18)7-8-13(14(11)17)21-16(3,4)5;1-9-6-10-7-11(20-15(2,3)4)8-12(16)13(10)17(9)14(18)19-5;1-9-8-10-11(17(9)14(18)19-5)6-7-12(13(10)16)20-15(2,3)4;1-9-6-11-7-14(19-15(3,4)5)12(16)8-13(11)17(9)10(2)18;1-9-6-11-7-12(19-15(3,4)5)8-13(16)14(11)17(9)10(2)18;1-9-8-11-12(17(9)10(2)18)6-7-13(14(11)16)19-15(3,4)5/h2*7-9H,6H2,1-5H3;2*6-8H,1-5H3;3*6-8H,1-5H3. The SMILES string of the molecule is CC(=O)n1c(C)cc2c(F)c(OC(C)(C)C)ccc21.CC(=O)n1c(C)cc2cc(OC(C)(C)C)c(F)cc21.CC(=O)n1c(C)cc2cc(OC(C)(C)C)cc(F)c21.CCOC(=O)n1c(C)cc2c(F)c(OC(C)(C)C)ccc21.CCOC(=O)n1c(C)cc2cc(OC(C)(C)C)c(F)cc21.COC(=O)n1c(C)cc2c(F)c(OC(C)(C)C)ccc21.COC(=O)n1c(C)cc2cc(OC(C)(C)C)cc(F)c21. The minimum absolute atomic E-state index is 0.128. The summed E-state index contributed by atoms with van der Waals surface area (Å²) in [7, 11) is 2.56. The second kappa shape index (κ2) is 43.2. The number of aryl methyl sites for hydroxylation is 7. The van der Waals surface area contributed by atoms with Crippen molar-refractivity contribution >= 4 is 118 Å². The van der Waals surface area contributed by atoms with Gasteiger partial charge in [0.1, 0.15) is 50.7 Å². The molecule has 0 atom stereocenters. The number of ether oxygens (including phenoxy) is 11. The van der Waals surface area contributed by atoms with Crippen molar-refractivity contribution in [2.75, 3.05) is 27.4 Å². The number of fused-ring (bicyclic) bond motifs is 7. The molecule has 7 aromatic heterocycles. The predicted octanol–water partition coefficient (Wildman–Crippen LogP) is 28.1. The number of hydrogen-bond acceptors (Lipinski definition) is 18. The molecule has 0 saturated heterocycles. The fourth-order valence-electron chi connectivity index (χ4n) is 15.2. The van der Waals surface area contributed by atoms with E-state index >= 15 is 0 Å². The number of halogens is 7. The highest BCUT2D eigenvalue weighted by Crippen LogP contribution is 2.39. The molecular formula is C107H130F7N7O18. The number of nitrogens with zero attached hydrogens (tertiary/aromatic N) is 7. The quantitative estimate of drug-likeness (QED) is 0.0961. The van der Waals surface area contributed by atoms with Crippen LogP contribution < -0.4 is 33.2 Å². The number of rotatable bonds is 9.